The monoisotopic (exact) mass is 219 g/mol. The smallest absolute Gasteiger partial charge is 0.272 e. The van der Waals surface area contributed by atoms with E-state index in [0.717, 1.165) is 5.56 Å². The van der Waals surface area contributed by atoms with Gasteiger partial charge >= 0.3 is 0 Å². The lowest BCUT2D eigenvalue weighted by atomic mass is 10.0. The van der Waals surface area contributed by atoms with Crippen molar-refractivity contribution in [1.29, 1.82) is 5.26 Å². The highest BCUT2D eigenvalue weighted by Crippen LogP contribution is 2.22. The first-order chi connectivity index (χ1) is 7.56. The zero-order valence-corrected chi connectivity index (χ0v) is 9.23. The molecule has 0 saturated heterocycles. The third-order valence-corrected chi connectivity index (χ3v) is 2.42. The number of nitrogens with one attached hydrogen (secondary N) is 1. The van der Waals surface area contributed by atoms with Crippen molar-refractivity contribution in [2.24, 2.45) is 0 Å². The summed E-state index contributed by atoms with van der Waals surface area (Å²) in [6.45, 7) is 3.80. The number of rotatable bonds is 4. The molecule has 0 unspecified atom stereocenters. The van der Waals surface area contributed by atoms with Gasteiger partial charge < -0.3 is 0 Å². The molecule has 1 N–H and O–H groups in total. The minimum Gasteiger partial charge on any atom is -0.298 e. The van der Waals surface area contributed by atoms with Crippen LogP contribution in [0.5, 0.6) is 0 Å². The molecule has 0 aliphatic rings. The predicted octanol–water partition coefficient (Wildman–Crippen LogP) is 2.08. The van der Waals surface area contributed by atoms with E-state index in [4.69, 9.17) is 5.26 Å². The Morgan fingerprint density at radius 2 is 2.31 bits per heavy atom. The summed E-state index contributed by atoms with van der Waals surface area (Å²) in [6, 6.07) is 7.00. The Morgan fingerprint density at radius 3 is 2.88 bits per heavy atom. The molecule has 0 radical (unpaired) electrons. The van der Waals surface area contributed by atoms with E-state index < -0.39 is 4.92 Å². The fourth-order valence-corrected chi connectivity index (χ4v) is 1.41. The van der Waals surface area contributed by atoms with Gasteiger partial charge in [-0.2, -0.15) is 5.26 Å². The van der Waals surface area contributed by atoms with Crippen LogP contribution in [0.4, 0.5) is 5.69 Å². The summed E-state index contributed by atoms with van der Waals surface area (Å²) in [6.07, 6.45) is 0. The van der Waals surface area contributed by atoms with Gasteiger partial charge in [-0.1, -0.05) is 12.1 Å². The van der Waals surface area contributed by atoms with Gasteiger partial charge in [-0.3, -0.25) is 15.4 Å². The molecule has 1 rings (SSSR count). The van der Waals surface area contributed by atoms with Crippen LogP contribution in [0.25, 0.3) is 0 Å². The highest BCUT2D eigenvalue weighted by atomic mass is 16.6. The Morgan fingerprint density at radius 1 is 1.62 bits per heavy atom. The molecule has 84 valence electrons. The number of benzene rings is 1. The maximum Gasteiger partial charge on any atom is 0.272 e. The van der Waals surface area contributed by atoms with E-state index in [1.807, 2.05) is 19.1 Å². The molecule has 0 heterocycles. The van der Waals surface area contributed by atoms with Crippen molar-refractivity contribution < 1.29 is 4.92 Å². The SMILES string of the molecule is Cc1ccc([C@H](C)NCC#N)cc1[N+](=O)[O-]. The van der Waals surface area contributed by atoms with Gasteiger partial charge in [0.15, 0.2) is 0 Å². The summed E-state index contributed by atoms with van der Waals surface area (Å²) in [7, 11) is 0. The molecule has 1 aromatic carbocycles. The Balaban J connectivity index is 2.94. The number of nitriles is 1. The highest BCUT2D eigenvalue weighted by molar-refractivity contribution is 5.43. The molecule has 0 amide bonds. The third-order valence-electron chi connectivity index (χ3n) is 2.42. The first-order valence-electron chi connectivity index (χ1n) is 4.91. The summed E-state index contributed by atoms with van der Waals surface area (Å²) in [4.78, 5) is 10.4. The summed E-state index contributed by atoms with van der Waals surface area (Å²) in [5.74, 6) is 0. The maximum atomic E-state index is 10.7. The lowest BCUT2D eigenvalue weighted by Gasteiger charge is -2.11. The van der Waals surface area contributed by atoms with Crippen LogP contribution in [0, 0.1) is 28.4 Å². The number of nitrogens with zero attached hydrogens (tertiary/aromatic N) is 2. The quantitative estimate of drug-likeness (QED) is 0.477. The zero-order valence-electron chi connectivity index (χ0n) is 9.23. The van der Waals surface area contributed by atoms with E-state index in [1.165, 1.54) is 0 Å². The second kappa shape index (κ2) is 5.24. The van der Waals surface area contributed by atoms with Crippen molar-refractivity contribution >= 4 is 5.69 Å². The Labute approximate surface area is 93.9 Å². The lowest BCUT2D eigenvalue weighted by Crippen LogP contribution is -2.18. The third kappa shape index (κ3) is 2.78. The largest absolute Gasteiger partial charge is 0.298 e. The fourth-order valence-electron chi connectivity index (χ4n) is 1.41. The average molecular weight is 219 g/mol. The molecule has 0 spiro atoms. The van der Waals surface area contributed by atoms with Crippen molar-refractivity contribution in [2.75, 3.05) is 6.54 Å². The van der Waals surface area contributed by atoms with Crippen molar-refractivity contribution in [3.05, 3.63) is 39.4 Å². The van der Waals surface area contributed by atoms with E-state index >= 15 is 0 Å². The Hall–Kier alpha value is -1.93. The van der Waals surface area contributed by atoms with Crippen LogP contribution in [0.15, 0.2) is 18.2 Å². The predicted molar refractivity (Wildman–Crippen MR) is 59.9 cm³/mol. The van der Waals surface area contributed by atoms with Crippen LogP contribution in [0.1, 0.15) is 24.1 Å². The lowest BCUT2D eigenvalue weighted by molar-refractivity contribution is -0.385. The first-order valence-corrected chi connectivity index (χ1v) is 4.91. The number of nitro groups is 1. The molecule has 0 aromatic heterocycles. The summed E-state index contributed by atoms with van der Waals surface area (Å²) < 4.78 is 0. The van der Waals surface area contributed by atoms with Crippen LogP contribution in [-0.4, -0.2) is 11.5 Å². The normalized spacial score (nSPS) is 11.8. The second-order valence-electron chi connectivity index (χ2n) is 3.56. The number of hydrogen-bond donors (Lipinski definition) is 1. The van der Waals surface area contributed by atoms with Crippen LogP contribution >= 0.6 is 0 Å². The van der Waals surface area contributed by atoms with E-state index in [0.29, 0.717) is 5.56 Å². The van der Waals surface area contributed by atoms with Gasteiger partial charge in [-0.15, -0.1) is 0 Å². The van der Waals surface area contributed by atoms with E-state index in [9.17, 15) is 10.1 Å². The van der Waals surface area contributed by atoms with Gasteiger partial charge in [0.25, 0.3) is 5.69 Å². The van der Waals surface area contributed by atoms with Crippen molar-refractivity contribution in [3.63, 3.8) is 0 Å². The Bertz CT molecular complexity index is 437. The summed E-state index contributed by atoms with van der Waals surface area (Å²) >= 11 is 0. The van der Waals surface area contributed by atoms with Gasteiger partial charge in [0.1, 0.15) is 0 Å². The molecule has 0 aliphatic carbocycles. The Kier molecular flexibility index (Phi) is 3.97. The standard InChI is InChI=1S/C11H13N3O2/c1-8-3-4-10(7-11(8)14(15)16)9(2)13-6-5-12/h3-4,7,9,13H,6H2,1-2H3/t9-/m0/s1. The molecular formula is C11H13N3O2. The van der Waals surface area contributed by atoms with Gasteiger partial charge in [-0.25, -0.2) is 0 Å². The molecule has 5 heteroatoms. The van der Waals surface area contributed by atoms with Crippen LogP contribution < -0.4 is 5.32 Å². The molecule has 0 saturated carbocycles. The van der Waals surface area contributed by atoms with E-state index in [1.54, 1.807) is 19.1 Å². The van der Waals surface area contributed by atoms with Gasteiger partial charge in [0.2, 0.25) is 0 Å². The molecule has 0 fully saturated rings. The molecule has 0 bridgehead atoms. The van der Waals surface area contributed by atoms with Crippen LogP contribution in [-0.2, 0) is 0 Å². The van der Waals surface area contributed by atoms with E-state index in [2.05, 4.69) is 5.32 Å². The van der Waals surface area contributed by atoms with Gasteiger partial charge in [-0.05, 0) is 19.4 Å². The minimum atomic E-state index is -0.393. The van der Waals surface area contributed by atoms with Crippen LogP contribution in [0.2, 0.25) is 0 Å². The van der Waals surface area contributed by atoms with E-state index in [-0.39, 0.29) is 18.3 Å². The zero-order chi connectivity index (χ0) is 12.1. The molecule has 0 aliphatic heterocycles. The number of hydrogen-bond acceptors (Lipinski definition) is 4. The molecular weight excluding hydrogens is 206 g/mol. The maximum absolute atomic E-state index is 10.7. The molecule has 1 aromatic rings. The highest BCUT2D eigenvalue weighted by Gasteiger charge is 2.13. The van der Waals surface area contributed by atoms with Crippen LogP contribution in [0.3, 0.4) is 0 Å². The van der Waals surface area contributed by atoms with Crippen molar-refractivity contribution in [3.8, 4) is 6.07 Å². The minimum absolute atomic E-state index is 0.0704. The van der Waals surface area contributed by atoms with Crippen molar-refractivity contribution in [2.45, 2.75) is 19.9 Å². The summed E-state index contributed by atoms with van der Waals surface area (Å²) in [5.41, 5.74) is 1.57. The first kappa shape index (κ1) is 12.1. The molecule has 5 nitrogen and oxygen atoms in total. The number of aryl methyl sites for hydroxylation is 1. The van der Waals surface area contributed by atoms with Gasteiger partial charge in [0.05, 0.1) is 17.5 Å². The summed E-state index contributed by atoms with van der Waals surface area (Å²) in [5, 5.41) is 22.1. The molecule has 1 atom stereocenters. The molecule has 16 heavy (non-hydrogen) atoms. The van der Waals surface area contributed by atoms with Gasteiger partial charge in [0, 0.05) is 17.7 Å². The average Bonchev–Trinajstić information content (AvgIpc) is 2.26. The number of nitro benzene ring substituents is 1. The fraction of sp³-hybridized carbons (Fsp3) is 0.364. The second-order valence-corrected chi connectivity index (χ2v) is 3.56. The topological polar surface area (TPSA) is 79.0 Å². The van der Waals surface area contributed by atoms with Crippen molar-refractivity contribution in [1.82, 2.24) is 5.32 Å².